The molecular formula is C16H13ClFN3O. The summed E-state index contributed by atoms with van der Waals surface area (Å²) in [7, 11) is 0. The van der Waals surface area contributed by atoms with Crippen LogP contribution in [0.2, 0.25) is 5.02 Å². The van der Waals surface area contributed by atoms with Crippen LogP contribution in [0.25, 0.3) is 0 Å². The highest BCUT2D eigenvalue weighted by Crippen LogP contribution is 2.31. The van der Waals surface area contributed by atoms with Crippen LogP contribution in [0, 0.1) is 5.82 Å². The molecule has 6 heteroatoms. The minimum atomic E-state index is -0.547. The summed E-state index contributed by atoms with van der Waals surface area (Å²) in [5.74, 6) is 0.331. The molecule has 0 aliphatic heterocycles. The molecule has 0 saturated heterocycles. The van der Waals surface area contributed by atoms with Gasteiger partial charge < -0.3 is 4.74 Å². The number of amidine groups is 1. The molecule has 0 aliphatic rings. The van der Waals surface area contributed by atoms with Crippen LogP contribution in [0.4, 0.5) is 10.1 Å². The summed E-state index contributed by atoms with van der Waals surface area (Å²) in [5, 5.41) is 0.304. The van der Waals surface area contributed by atoms with E-state index in [4.69, 9.17) is 16.3 Å². The lowest BCUT2D eigenvalue weighted by Crippen LogP contribution is -1.90. The lowest BCUT2D eigenvalue weighted by Gasteiger charge is -2.08. The molecule has 22 heavy (non-hydrogen) atoms. The van der Waals surface area contributed by atoms with Crippen LogP contribution >= 0.6 is 11.6 Å². The van der Waals surface area contributed by atoms with Gasteiger partial charge in [-0.25, -0.2) is 14.4 Å². The predicted molar refractivity (Wildman–Crippen MR) is 87.2 cm³/mol. The first-order valence-corrected chi connectivity index (χ1v) is 6.75. The summed E-state index contributed by atoms with van der Waals surface area (Å²) < 4.78 is 19.5. The van der Waals surface area contributed by atoms with Gasteiger partial charge in [0, 0.05) is 30.7 Å². The number of nitrogens with zero attached hydrogens (tertiary/aromatic N) is 3. The van der Waals surface area contributed by atoms with Gasteiger partial charge in [-0.1, -0.05) is 24.3 Å². The molecule has 2 aromatic rings. The normalized spacial score (nSPS) is 11.7. The van der Waals surface area contributed by atoms with E-state index in [-0.39, 0.29) is 5.75 Å². The summed E-state index contributed by atoms with van der Waals surface area (Å²) >= 11 is 5.92. The first-order chi connectivity index (χ1) is 10.6. The van der Waals surface area contributed by atoms with Gasteiger partial charge in [0.05, 0.1) is 5.69 Å². The lowest BCUT2D eigenvalue weighted by atomic mass is 10.3. The van der Waals surface area contributed by atoms with Gasteiger partial charge >= 0.3 is 0 Å². The molecule has 112 valence electrons. The molecular weight excluding hydrogens is 305 g/mol. The molecule has 0 saturated carbocycles. The maximum absolute atomic E-state index is 14.1. The Hall–Kier alpha value is -2.53. The van der Waals surface area contributed by atoms with Gasteiger partial charge in [0.25, 0.3) is 0 Å². The van der Waals surface area contributed by atoms with Gasteiger partial charge in [0.15, 0.2) is 11.6 Å². The van der Waals surface area contributed by atoms with Crippen LogP contribution in [0.1, 0.15) is 6.92 Å². The fourth-order valence-electron chi connectivity index (χ4n) is 1.58. The van der Waals surface area contributed by atoms with E-state index in [1.807, 2.05) is 0 Å². The minimum Gasteiger partial charge on any atom is -0.453 e. The third-order valence-corrected chi connectivity index (χ3v) is 2.81. The van der Waals surface area contributed by atoms with E-state index in [9.17, 15) is 4.39 Å². The zero-order valence-electron chi connectivity index (χ0n) is 11.8. The van der Waals surface area contributed by atoms with E-state index in [1.54, 1.807) is 19.1 Å². The number of aromatic nitrogens is 1. The molecule has 0 fully saturated rings. The van der Waals surface area contributed by atoms with Crippen LogP contribution in [-0.4, -0.2) is 17.0 Å². The van der Waals surface area contributed by atoms with E-state index in [0.29, 0.717) is 22.3 Å². The van der Waals surface area contributed by atoms with Crippen LogP contribution < -0.4 is 4.74 Å². The largest absolute Gasteiger partial charge is 0.453 e. The highest BCUT2D eigenvalue weighted by Gasteiger charge is 2.08. The number of ether oxygens (including phenoxy) is 1. The van der Waals surface area contributed by atoms with Gasteiger partial charge in [-0.3, -0.25) is 4.98 Å². The predicted octanol–water partition coefficient (Wildman–Crippen LogP) is 4.97. The van der Waals surface area contributed by atoms with Crippen molar-refractivity contribution >= 4 is 29.3 Å². The van der Waals surface area contributed by atoms with E-state index in [1.165, 1.54) is 36.8 Å². The first kappa shape index (κ1) is 15.9. The third kappa shape index (κ3) is 4.23. The van der Waals surface area contributed by atoms with E-state index in [2.05, 4.69) is 21.5 Å². The van der Waals surface area contributed by atoms with Crippen molar-refractivity contribution < 1.29 is 9.13 Å². The van der Waals surface area contributed by atoms with E-state index >= 15 is 0 Å². The number of pyridine rings is 1. The zero-order chi connectivity index (χ0) is 15.9. The van der Waals surface area contributed by atoms with Crippen molar-refractivity contribution in [1.82, 2.24) is 4.98 Å². The zero-order valence-corrected chi connectivity index (χ0v) is 12.6. The Morgan fingerprint density at radius 3 is 2.86 bits per heavy atom. The standard InChI is InChI=1S/C16H13ClFN3O/c1-3-7-20-11(2)21-12-4-5-16(14(18)9-12)22-15-6-8-19-10-13(15)17/h3-10H,1H2,2H3. The molecule has 0 N–H and O–H groups in total. The quantitative estimate of drug-likeness (QED) is 0.590. The molecule has 0 aliphatic carbocycles. The van der Waals surface area contributed by atoms with Gasteiger partial charge in [0.2, 0.25) is 0 Å². The highest BCUT2D eigenvalue weighted by atomic mass is 35.5. The van der Waals surface area contributed by atoms with Crippen LogP contribution in [0.15, 0.2) is 59.3 Å². The van der Waals surface area contributed by atoms with Gasteiger partial charge in [-0.05, 0) is 19.1 Å². The number of halogens is 2. The molecule has 2 rings (SSSR count). The molecule has 4 nitrogen and oxygen atoms in total. The maximum Gasteiger partial charge on any atom is 0.167 e. The molecule has 0 spiro atoms. The number of hydrogen-bond acceptors (Lipinski definition) is 3. The second kappa shape index (κ2) is 7.47. The van der Waals surface area contributed by atoms with Crippen molar-refractivity contribution in [2.45, 2.75) is 6.92 Å². The van der Waals surface area contributed by atoms with Gasteiger partial charge in [-0.15, -0.1) is 0 Å². The summed E-state index contributed by atoms with van der Waals surface area (Å²) in [6, 6.07) is 5.93. The molecule has 0 atom stereocenters. The Kier molecular flexibility index (Phi) is 5.38. The fraction of sp³-hybridized carbons (Fsp3) is 0.0625. The molecule has 1 aromatic heterocycles. The number of benzene rings is 1. The Bertz CT molecular complexity index is 744. The van der Waals surface area contributed by atoms with Crippen molar-refractivity contribution in [3.05, 3.63) is 60.2 Å². The summed E-state index contributed by atoms with van der Waals surface area (Å²) in [4.78, 5) is 12.0. The van der Waals surface area contributed by atoms with Crippen LogP contribution in [0.3, 0.4) is 0 Å². The average molecular weight is 318 g/mol. The van der Waals surface area contributed by atoms with E-state index < -0.39 is 5.82 Å². The summed E-state index contributed by atoms with van der Waals surface area (Å²) in [5.41, 5.74) is 0.435. The summed E-state index contributed by atoms with van der Waals surface area (Å²) in [6.45, 7) is 5.22. The van der Waals surface area contributed by atoms with Crippen molar-refractivity contribution in [3.63, 3.8) is 0 Å². The molecule has 1 heterocycles. The van der Waals surface area contributed by atoms with E-state index in [0.717, 1.165) is 0 Å². The molecule has 0 amide bonds. The van der Waals surface area contributed by atoms with Gasteiger partial charge in [0.1, 0.15) is 16.6 Å². The first-order valence-electron chi connectivity index (χ1n) is 6.37. The number of allylic oxidation sites excluding steroid dienone is 1. The van der Waals surface area contributed by atoms with Crippen LogP contribution in [-0.2, 0) is 0 Å². The Morgan fingerprint density at radius 1 is 1.36 bits per heavy atom. The fourth-order valence-corrected chi connectivity index (χ4v) is 1.74. The van der Waals surface area contributed by atoms with Crippen molar-refractivity contribution in [2.75, 3.05) is 0 Å². The Labute approximate surface area is 132 Å². The average Bonchev–Trinajstić information content (AvgIpc) is 2.50. The third-order valence-electron chi connectivity index (χ3n) is 2.53. The monoisotopic (exact) mass is 317 g/mol. The second-order valence-electron chi connectivity index (χ2n) is 4.20. The summed E-state index contributed by atoms with van der Waals surface area (Å²) in [6.07, 6.45) is 5.99. The van der Waals surface area contributed by atoms with Crippen LogP contribution in [0.5, 0.6) is 11.5 Å². The topological polar surface area (TPSA) is 46.8 Å². The second-order valence-corrected chi connectivity index (χ2v) is 4.60. The smallest absolute Gasteiger partial charge is 0.167 e. The number of rotatable bonds is 4. The van der Waals surface area contributed by atoms with Crippen molar-refractivity contribution in [3.8, 4) is 11.5 Å². The number of aliphatic imine (C=N–C) groups is 2. The van der Waals surface area contributed by atoms with Gasteiger partial charge in [-0.2, -0.15) is 0 Å². The Balaban J connectivity index is 2.22. The lowest BCUT2D eigenvalue weighted by molar-refractivity contribution is 0.442. The molecule has 0 unspecified atom stereocenters. The Morgan fingerprint density at radius 2 is 2.18 bits per heavy atom. The molecule has 1 aromatic carbocycles. The van der Waals surface area contributed by atoms with Crippen molar-refractivity contribution in [1.29, 1.82) is 0 Å². The SMILES string of the molecule is C=CC=NC(C)=Nc1ccc(Oc2ccncc2Cl)c(F)c1. The minimum absolute atomic E-state index is 0.0549. The van der Waals surface area contributed by atoms with Crippen molar-refractivity contribution in [2.24, 2.45) is 9.98 Å². The molecule has 0 bridgehead atoms. The highest BCUT2D eigenvalue weighted by molar-refractivity contribution is 6.31. The maximum atomic E-state index is 14.1. The molecule has 0 radical (unpaired) electrons. The number of hydrogen-bond donors (Lipinski definition) is 0.